The Bertz CT molecular complexity index is 535. The van der Waals surface area contributed by atoms with Gasteiger partial charge in [-0.25, -0.2) is 12.8 Å². The molecule has 1 aromatic heterocycles. The number of sulfonamides is 1. The maximum absolute atomic E-state index is 13.0. The molecule has 18 heavy (non-hydrogen) atoms. The zero-order valence-electron chi connectivity index (χ0n) is 9.95. The van der Waals surface area contributed by atoms with E-state index in [2.05, 4.69) is 4.98 Å². The summed E-state index contributed by atoms with van der Waals surface area (Å²) in [5.41, 5.74) is 0. The van der Waals surface area contributed by atoms with E-state index in [0.29, 0.717) is 6.42 Å². The molecule has 0 spiro atoms. The number of aliphatic hydroxyl groups is 1. The van der Waals surface area contributed by atoms with Crippen LogP contribution in [0.5, 0.6) is 0 Å². The molecule has 0 aromatic carbocycles. The highest BCUT2D eigenvalue weighted by atomic mass is 32.2. The van der Waals surface area contributed by atoms with E-state index in [1.807, 2.05) is 0 Å². The van der Waals surface area contributed by atoms with E-state index in [4.69, 9.17) is 0 Å². The molecule has 2 atom stereocenters. The number of piperidine rings is 1. The fraction of sp³-hybridized carbons (Fsp3) is 0.545. The first-order valence-corrected chi connectivity index (χ1v) is 7.14. The van der Waals surface area contributed by atoms with E-state index in [-0.39, 0.29) is 23.9 Å². The summed E-state index contributed by atoms with van der Waals surface area (Å²) in [4.78, 5) is 3.40. The summed E-state index contributed by atoms with van der Waals surface area (Å²) in [5.74, 6) is -0.809. The summed E-state index contributed by atoms with van der Waals surface area (Å²) < 4.78 is 38.7. The molecule has 0 radical (unpaired) electrons. The van der Waals surface area contributed by atoms with Crippen molar-refractivity contribution in [2.75, 3.05) is 13.1 Å². The average molecular weight is 274 g/mol. The van der Waals surface area contributed by atoms with Crippen molar-refractivity contribution in [3.8, 4) is 0 Å². The smallest absolute Gasteiger partial charge is 0.244 e. The van der Waals surface area contributed by atoms with Gasteiger partial charge >= 0.3 is 0 Å². The van der Waals surface area contributed by atoms with E-state index >= 15 is 0 Å². The van der Waals surface area contributed by atoms with Crippen LogP contribution in [-0.2, 0) is 10.0 Å². The lowest BCUT2D eigenvalue weighted by Crippen LogP contribution is -2.44. The second kappa shape index (κ2) is 4.91. The van der Waals surface area contributed by atoms with Crippen molar-refractivity contribution < 1.29 is 17.9 Å². The molecular formula is C11H15FN2O3S. The second-order valence-corrected chi connectivity index (χ2v) is 6.47. The van der Waals surface area contributed by atoms with Crippen LogP contribution in [0.3, 0.4) is 0 Å². The molecule has 1 N–H and O–H groups in total. The highest BCUT2D eigenvalue weighted by Gasteiger charge is 2.32. The Morgan fingerprint density at radius 3 is 2.83 bits per heavy atom. The molecule has 1 aliphatic rings. The van der Waals surface area contributed by atoms with E-state index in [1.54, 1.807) is 6.92 Å². The van der Waals surface area contributed by atoms with Crippen molar-refractivity contribution in [3.63, 3.8) is 0 Å². The number of pyridine rings is 1. The Balaban J connectivity index is 2.27. The van der Waals surface area contributed by atoms with Gasteiger partial charge < -0.3 is 5.11 Å². The van der Waals surface area contributed by atoms with Crippen LogP contribution in [0.25, 0.3) is 0 Å². The maximum atomic E-state index is 13.0. The normalized spacial score (nSPS) is 26.2. The first-order valence-electron chi connectivity index (χ1n) is 5.70. The Kier molecular flexibility index (Phi) is 3.65. The van der Waals surface area contributed by atoms with Gasteiger partial charge in [-0.1, -0.05) is 6.92 Å². The van der Waals surface area contributed by atoms with Crippen LogP contribution in [-0.4, -0.2) is 42.0 Å². The molecule has 0 aliphatic carbocycles. The van der Waals surface area contributed by atoms with Crippen molar-refractivity contribution in [1.82, 2.24) is 9.29 Å². The lowest BCUT2D eigenvalue weighted by molar-refractivity contribution is 0.0628. The number of halogens is 1. The monoisotopic (exact) mass is 274 g/mol. The molecular weight excluding hydrogens is 259 g/mol. The molecule has 1 aromatic rings. The van der Waals surface area contributed by atoms with E-state index < -0.39 is 21.9 Å². The third-order valence-electron chi connectivity index (χ3n) is 3.14. The van der Waals surface area contributed by atoms with Crippen molar-refractivity contribution in [1.29, 1.82) is 0 Å². The minimum Gasteiger partial charge on any atom is -0.393 e. The molecule has 1 saturated heterocycles. The van der Waals surface area contributed by atoms with Crippen molar-refractivity contribution in [2.45, 2.75) is 24.3 Å². The minimum atomic E-state index is -3.72. The van der Waals surface area contributed by atoms with E-state index in [1.165, 1.54) is 4.31 Å². The van der Waals surface area contributed by atoms with Crippen LogP contribution in [0.4, 0.5) is 4.39 Å². The van der Waals surface area contributed by atoms with Gasteiger partial charge in [0.15, 0.2) is 0 Å². The summed E-state index contributed by atoms with van der Waals surface area (Å²) in [6, 6.07) is 0.956. The third kappa shape index (κ3) is 2.52. The number of nitrogens with zero attached hydrogens (tertiary/aromatic N) is 2. The van der Waals surface area contributed by atoms with Crippen molar-refractivity contribution in [2.24, 2.45) is 5.92 Å². The quantitative estimate of drug-likeness (QED) is 0.858. The molecule has 0 saturated carbocycles. The Morgan fingerprint density at radius 2 is 2.22 bits per heavy atom. The molecule has 7 heteroatoms. The van der Waals surface area contributed by atoms with Gasteiger partial charge in [-0.15, -0.1) is 0 Å². The minimum absolute atomic E-state index is 0.130. The number of rotatable bonds is 2. The number of aromatic nitrogens is 1. The van der Waals surface area contributed by atoms with Gasteiger partial charge in [0.1, 0.15) is 10.7 Å². The van der Waals surface area contributed by atoms with Crippen LogP contribution in [0.1, 0.15) is 13.3 Å². The lowest BCUT2D eigenvalue weighted by Gasteiger charge is -2.33. The predicted octanol–water partition coefficient (Wildman–Crippen LogP) is 0.612. The zero-order valence-corrected chi connectivity index (χ0v) is 10.8. The van der Waals surface area contributed by atoms with Gasteiger partial charge in [-0.2, -0.15) is 4.31 Å². The summed E-state index contributed by atoms with van der Waals surface area (Å²) in [5, 5.41) is 9.58. The van der Waals surface area contributed by atoms with Crippen LogP contribution < -0.4 is 0 Å². The van der Waals surface area contributed by atoms with Crippen LogP contribution in [0.15, 0.2) is 23.4 Å². The molecule has 100 valence electrons. The number of hydrogen-bond donors (Lipinski definition) is 1. The lowest BCUT2D eigenvalue weighted by atomic mass is 9.99. The molecule has 5 nitrogen and oxygen atoms in total. The summed E-state index contributed by atoms with van der Waals surface area (Å²) in [7, 11) is -3.72. The van der Waals surface area contributed by atoms with Crippen LogP contribution in [0.2, 0.25) is 0 Å². The van der Waals surface area contributed by atoms with E-state index in [0.717, 1.165) is 18.5 Å². The Hall–Kier alpha value is -1.05. The zero-order chi connectivity index (χ0) is 13.3. The molecule has 0 amide bonds. The first kappa shape index (κ1) is 13.4. The summed E-state index contributed by atoms with van der Waals surface area (Å²) in [6.07, 6.45) is 2.00. The standard InChI is InChI=1S/C11H15FN2O3S/c1-8-7-14(3-2-11(8)15)18(16,17)10-4-9(12)5-13-6-10/h4-6,8,11,15H,2-3,7H2,1H3. The molecule has 0 bridgehead atoms. The summed E-state index contributed by atoms with van der Waals surface area (Å²) >= 11 is 0. The van der Waals surface area contributed by atoms with Gasteiger partial charge in [0.2, 0.25) is 10.0 Å². The third-order valence-corrected chi connectivity index (χ3v) is 4.97. The Morgan fingerprint density at radius 1 is 1.50 bits per heavy atom. The topological polar surface area (TPSA) is 70.5 Å². The largest absolute Gasteiger partial charge is 0.393 e. The van der Waals surface area contributed by atoms with E-state index in [9.17, 15) is 17.9 Å². The average Bonchev–Trinajstić information content (AvgIpc) is 2.32. The van der Waals surface area contributed by atoms with Crippen LogP contribution >= 0.6 is 0 Å². The fourth-order valence-electron chi connectivity index (χ4n) is 2.00. The van der Waals surface area contributed by atoms with Gasteiger partial charge in [-0.05, 0) is 18.4 Å². The molecule has 1 fully saturated rings. The predicted molar refractivity (Wildman–Crippen MR) is 62.7 cm³/mol. The second-order valence-electron chi connectivity index (χ2n) is 4.54. The van der Waals surface area contributed by atoms with Crippen molar-refractivity contribution >= 4 is 10.0 Å². The van der Waals surface area contributed by atoms with Crippen LogP contribution in [0, 0.1) is 11.7 Å². The molecule has 2 heterocycles. The van der Waals surface area contributed by atoms with Gasteiger partial charge in [0.25, 0.3) is 0 Å². The van der Waals surface area contributed by atoms with Gasteiger partial charge in [0.05, 0.1) is 12.3 Å². The fourth-order valence-corrected chi connectivity index (χ4v) is 3.53. The molecule has 2 unspecified atom stereocenters. The van der Waals surface area contributed by atoms with Gasteiger partial charge in [-0.3, -0.25) is 4.98 Å². The molecule has 1 aliphatic heterocycles. The number of hydrogen-bond acceptors (Lipinski definition) is 4. The highest BCUT2D eigenvalue weighted by Crippen LogP contribution is 2.23. The van der Waals surface area contributed by atoms with Crippen molar-refractivity contribution in [3.05, 3.63) is 24.3 Å². The first-order chi connectivity index (χ1) is 8.41. The SMILES string of the molecule is CC1CN(S(=O)(=O)c2cncc(F)c2)CCC1O. The molecule has 2 rings (SSSR count). The summed E-state index contributed by atoms with van der Waals surface area (Å²) in [6.45, 7) is 2.26. The number of aliphatic hydroxyl groups excluding tert-OH is 1. The maximum Gasteiger partial charge on any atom is 0.244 e. The van der Waals surface area contributed by atoms with Gasteiger partial charge in [0, 0.05) is 19.3 Å². The highest BCUT2D eigenvalue weighted by molar-refractivity contribution is 7.89. The Labute approximate surface area is 105 Å².